The van der Waals surface area contributed by atoms with E-state index in [4.69, 9.17) is 9.84 Å². The van der Waals surface area contributed by atoms with Crippen LogP contribution in [0.25, 0.3) is 11.1 Å². The Bertz CT molecular complexity index is 573. The molecule has 0 saturated heterocycles. The molecule has 3 nitrogen and oxygen atoms in total. The van der Waals surface area contributed by atoms with Crippen LogP contribution in [0.3, 0.4) is 0 Å². The van der Waals surface area contributed by atoms with Gasteiger partial charge in [0.25, 0.3) is 0 Å². The second kappa shape index (κ2) is 6.75. The average molecular weight is 270 g/mol. The third kappa shape index (κ3) is 3.85. The van der Waals surface area contributed by atoms with Crippen LogP contribution in [0, 0.1) is 0 Å². The minimum absolute atomic E-state index is 0.166. The van der Waals surface area contributed by atoms with Crippen molar-refractivity contribution >= 4 is 5.97 Å². The number of carboxylic acids is 1. The van der Waals surface area contributed by atoms with Crippen molar-refractivity contribution in [3.05, 3.63) is 54.1 Å². The van der Waals surface area contributed by atoms with E-state index in [0.29, 0.717) is 13.0 Å². The van der Waals surface area contributed by atoms with Gasteiger partial charge < -0.3 is 9.84 Å². The lowest BCUT2D eigenvalue weighted by Gasteiger charge is -2.07. The van der Waals surface area contributed by atoms with Crippen molar-refractivity contribution < 1.29 is 14.6 Å². The third-order valence-corrected chi connectivity index (χ3v) is 3.06. The number of benzene rings is 2. The van der Waals surface area contributed by atoms with Gasteiger partial charge in [-0.3, -0.25) is 4.79 Å². The first-order chi connectivity index (χ1) is 9.69. The molecule has 0 aliphatic heterocycles. The van der Waals surface area contributed by atoms with Crippen molar-refractivity contribution in [1.82, 2.24) is 0 Å². The fourth-order valence-corrected chi connectivity index (χ4v) is 2.05. The van der Waals surface area contributed by atoms with Crippen molar-refractivity contribution in [2.45, 2.75) is 19.8 Å². The Labute approximate surface area is 118 Å². The summed E-state index contributed by atoms with van der Waals surface area (Å²) in [6.45, 7) is 2.61. The molecule has 0 aromatic heterocycles. The summed E-state index contributed by atoms with van der Waals surface area (Å²) in [4.78, 5) is 10.5. The molecule has 104 valence electrons. The molecule has 0 aliphatic carbocycles. The minimum atomic E-state index is -0.765. The average Bonchev–Trinajstić information content (AvgIpc) is 2.46. The molecular formula is C17H18O3. The molecule has 1 N–H and O–H groups in total. The van der Waals surface area contributed by atoms with Crippen molar-refractivity contribution in [1.29, 1.82) is 0 Å². The topological polar surface area (TPSA) is 46.5 Å². The number of aliphatic carboxylic acids is 1. The van der Waals surface area contributed by atoms with Crippen LogP contribution in [-0.4, -0.2) is 17.7 Å². The van der Waals surface area contributed by atoms with Crippen LogP contribution in [0.2, 0.25) is 0 Å². The van der Waals surface area contributed by atoms with Gasteiger partial charge in [-0.05, 0) is 42.2 Å². The Morgan fingerprint density at radius 2 is 1.85 bits per heavy atom. The smallest absolute Gasteiger partial charge is 0.303 e. The molecule has 0 atom stereocenters. The number of rotatable bonds is 6. The zero-order chi connectivity index (χ0) is 14.4. The molecular weight excluding hydrogens is 252 g/mol. The second-order valence-corrected chi connectivity index (χ2v) is 4.55. The van der Waals surface area contributed by atoms with Crippen LogP contribution < -0.4 is 4.74 Å². The van der Waals surface area contributed by atoms with Crippen LogP contribution in [0.1, 0.15) is 18.9 Å². The number of hydrogen-bond donors (Lipinski definition) is 1. The fourth-order valence-electron chi connectivity index (χ4n) is 2.05. The molecule has 0 unspecified atom stereocenters. The van der Waals surface area contributed by atoms with E-state index in [0.717, 1.165) is 22.4 Å². The van der Waals surface area contributed by atoms with Crippen LogP contribution in [0.5, 0.6) is 5.75 Å². The quantitative estimate of drug-likeness (QED) is 0.869. The van der Waals surface area contributed by atoms with Crippen LogP contribution in [0.15, 0.2) is 48.5 Å². The summed E-state index contributed by atoms with van der Waals surface area (Å²) in [7, 11) is 0. The van der Waals surface area contributed by atoms with E-state index < -0.39 is 5.97 Å². The van der Waals surface area contributed by atoms with Gasteiger partial charge in [-0.2, -0.15) is 0 Å². The lowest BCUT2D eigenvalue weighted by molar-refractivity contribution is -0.136. The molecule has 3 heteroatoms. The molecule has 0 aliphatic rings. The molecule has 0 amide bonds. The normalized spacial score (nSPS) is 10.2. The second-order valence-electron chi connectivity index (χ2n) is 4.55. The number of aryl methyl sites for hydroxylation is 1. The molecule has 2 aromatic rings. The summed E-state index contributed by atoms with van der Waals surface area (Å²) in [5.41, 5.74) is 3.24. The maximum atomic E-state index is 10.5. The Kier molecular flexibility index (Phi) is 4.77. The molecule has 0 saturated carbocycles. The van der Waals surface area contributed by atoms with Gasteiger partial charge in [-0.1, -0.05) is 36.4 Å². The van der Waals surface area contributed by atoms with Crippen molar-refractivity contribution in [2.75, 3.05) is 6.61 Å². The zero-order valence-electron chi connectivity index (χ0n) is 11.5. The standard InChI is InChI=1S/C17H18O3/c1-2-20-16-5-3-4-15(12-16)14-9-6-13(7-10-14)8-11-17(18)19/h3-7,9-10,12H,2,8,11H2,1H3,(H,18,19). The molecule has 2 rings (SSSR count). The first-order valence-electron chi connectivity index (χ1n) is 6.73. The first-order valence-corrected chi connectivity index (χ1v) is 6.73. The van der Waals surface area contributed by atoms with Gasteiger partial charge in [0.05, 0.1) is 6.61 Å². The lowest BCUT2D eigenvalue weighted by atomic mass is 10.0. The predicted octanol–water partition coefficient (Wildman–Crippen LogP) is 3.77. The molecule has 0 bridgehead atoms. The molecule has 0 radical (unpaired) electrons. The van der Waals surface area contributed by atoms with E-state index in [-0.39, 0.29) is 6.42 Å². The number of carbonyl (C=O) groups is 1. The third-order valence-electron chi connectivity index (χ3n) is 3.06. The Hall–Kier alpha value is -2.29. The lowest BCUT2D eigenvalue weighted by Crippen LogP contribution is -1.97. The number of ether oxygens (including phenoxy) is 1. The summed E-state index contributed by atoms with van der Waals surface area (Å²) >= 11 is 0. The van der Waals surface area contributed by atoms with Gasteiger partial charge >= 0.3 is 5.97 Å². The van der Waals surface area contributed by atoms with Crippen LogP contribution >= 0.6 is 0 Å². The zero-order valence-corrected chi connectivity index (χ0v) is 11.5. The van der Waals surface area contributed by atoms with E-state index in [1.54, 1.807) is 0 Å². The number of hydrogen-bond acceptors (Lipinski definition) is 2. The highest BCUT2D eigenvalue weighted by Crippen LogP contribution is 2.24. The summed E-state index contributed by atoms with van der Waals surface area (Å²) < 4.78 is 5.49. The van der Waals surface area contributed by atoms with Gasteiger partial charge in [-0.15, -0.1) is 0 Å². The molecule has 0 spiro atoms. The summed E-state index contributed by atoms with van der Waals surface area (Å²) in [6, 6.07) is 15.9. The van der Waals surface area contributed by atoms with E-state index in [2.05, 4.69) is 0 Å². The SMILES string of the molecule is CCOc1cccc(-c2ccc(CCC(=O)O)cc2)c1. The summed E-state index contributed by atoms with van der Waals surface area (Å²) in [6.07, 6.45) is 0.730. The highest BCUT2D eigenvalue weighted by Gasteiger charge is 2.02. The van der Waals surface area contributed by atoms with Gasteiger partial charge in [0.1, 0.15) is 5.75 Å². The maximum absolute atomic E-state index is 10.5. The predicted molar refractivity (Wildman–Crippen MR) is 79.0 cm³/mol. The highest BCUT2D eigenvalue weighted by molar-refractivity contribution is 5.68. The van der Waals surface area contributed by atoms with Crippen molar-refractivity contribution in [3.8, 4) is 16.9 Å². The number of carboxylic acid groups (broad SMARTS) is 1. The van der Waals surface area contributed by atoms with E-state index >= 15 is 0 Å². The van der Waals surface area contributed by atoms with Crippen molar-refractivity contribution in [3.63, 3.8) is 0 Å². The Morgan fingerprint density at radius 3 is 2.50 bits per heavy atom. The van der Waals surface area contributed by atoms with Gasteiger partial charge in [-0.25, -0.2) is 0 Å². The van der Waals surface area contributed by atoms with E-state index in [9.17, 15) is 4.79 Å². The minimum Gasteiger partial charge on any atom is -0.494 e. The van der Waals surface area contributed by atoms with Crippen molar-refractivity contribution in [2.24, 2.45) is 0 Å². The van der Waals surface area contributed by atoms with E-state index in [1.165, 1.54) is 0 Å². The molecule has 0 fully saturated rings. The van der Waals surface area contributed by atoms with Gasteiger partial charge in [0, 0.05) is 6.42 Å². The largest absolute Gasteiger partial charge is 0.494 e. The van der Waals surface area contributed by atoms with Gasteiger partial charge in [0.2, 0.25) is 0 Å². The van der Waals surface area contributed by atoms with E-state index in [1.807, 2.05) is 55.5 Å². The Balaban J connectivity index is 2.13. The van der Waals surface area contributed by atoms with Crippen LogP contribution in [0.4, 0.5) is 0 Å². The highest BCUT2D eigenvalue weighted by atomic mass is 16.5. The fraction of sp³-hybridized carbons (Fsp3) is 0.235. The molecule has 0 heterocycles. The molecule has 2 aromatic carbocycles. The maximum Gasteiger partial charge on any atom is 0.303 e. The summed E-state index contributed by atoms with van der Waals surface area (Å²) in [5, 5.41) is 8.67. The first kappa shape index (κ1) is 14.1. The monoisotopic (exact) mass is 270 g/mol. The van der Waals surface area contributed by atoms with Gasteiger partial charge in [0.15, 0.2) is 0 Å². The summed E-state index contributed by atoms with van der Waals surface area (Å²) in [5.74, 6) is 0.0958. The Morgan fingerprint density at radius 1 is 1.10 bits per heavy atom. The van der Waals surface area contributed by atoms with Crippen LogP contribution in [-0.2, 0) is 11.2 Å². The molecule has 20 heavy (non-hydrogen) atoms.